The molecule has 0 aliphatic carbocycles. The Morgan fingerprint density at radius 2 is 1.69 bits per heavy atom. The maximum atomic E-state index is 12.2. The van der Waals surface area contributed by atoms with Crippen LogP contribution in [0, 0.1) is 6.92 Å². The summed E-state index contributed by atoms with van der Waals surface area (Å²) in [6.45, 7) is 3.33. The summed E-state index contributed by atoms with van der Waals surface area (Å²) in [6, 6.07) is 21.7. The number of ether oxygens (including phenoxy) is 1. The van der Waals surface area contributed by atoms with E-state index in [0.29, 0.717) is 28.7 Å². The predicted octanol–water partition coefficient (Wildman–Crippen LogP) is 4.93. The van der Waals surface area contributed by atoms with Gasteiger partial charge in [0, 0.05) is 22.4 Å². The highest BCUT2D eigenvalue weighted by molar-refractivity contribution is 5.97. The topological polar surface area (TPSA) is 94.3 Å². The quantitative estimate of drug-likeness (QED) is 0.420. The molecule has 0 spiro atoms. The van der Waals surface area contributed by atoms with Gasteiger partial charge in [0.05, 0.1) is 0 Å². The molecule has 0 aliphatic rings. The van der Waals surface area contributed by atoms with Crippen molar-refractivity contribution in [3.8, 4) is 28.6 Å². The maximum absolute atomic E-state index is 12.2. The minimum absolute atomic E-state index is 0.0651. The first-order valence-electron chi connectivity index (χ1n) is 10.0. The van der Waals surface area contributed by atoms with Crippen molar-refractivity contribution in [3.05, 3.63) is 83.9 Å². The van der Waals surface area contributed by atoms with E-state index in [1.54, 1.807) is 48.5 Å². The molecule has 1 heterocycles. The zero-order chi connectivity index (χ0) is 22.5. The van der Waals surface area contributed by atoms with E-state index in [1.807, 2.05) is 31.2 Å². The van der Waals surface area contributed by atoms with E-state index >= 15 is 0 Å². The van der Waals surface area contributed by atoms with Crippen molar-refractivity contribution in [2.24, 2.45) is 0 Å². The van der Waals surface area contributed by atoms with Crippen LogP contribution in [0.3, 0.4) is 0 Å². The molecule has 4 aromatic rings. The lowest BCUT2D eigenvalue weighted by Gasteiger charge is -2.08. The molecule has 0 radical (unpaired) electrons. The lowest BCUT2D eigenvalue weighted by Crippen LogP contribution is -2.20. The van der Waals surface area contributed by atoms with Crippen LogP contribution in [0.25, 0.3) is 22.8 Å². The van der Waals surface area contributed by atoms with E-state index in [0.717, 1.165) is 16.7 Å². The molecule has 0 aliphatic heterocycles. The molecule has 0 saturated heterocycles. The molecule has 1 amide bonds. The summed E-state index contributed by atoms with van der Waals surface area (Å²) in [5.74, 6) is 1.06. The first-order valence-corrected chi connectivity index (χ1v) is 10.0. The smallest absolute Gasteiger partial charge is 0.262 e. The number of ketones is 1. The lowest BCUT2D eigenvalue weighted by molar-refractivity contribution is -0.118. The van der Waals surface area contributed by atoms with Crippen molar-refractivity contribution in [3.63, 3.8) is 0 Å². The Balaban J connectivity index is 1.35. The highest BCUT2D eigenvalue weighted by atomic mass is 16.5. The molecular weight excluding hydrogens is 406 g/mol. The standard InChI is InChI=1S/C25H21N3O4/c1-16-6-8-18(9-7-16)24-27-25(32-28-24)19-10-12-22(13-11-19)31-15-23(30)26-21-5-3-4-20(14-21)17(2)29/h3-14H,15H2,1-2H3,(H,26,30). The lowest BCUT2D eigenvalue weighted by atomic mass is 10.1. The first kappa shape index (κ1) is 21.0. The number of carbonyl (C=O) groups is 2. The zero-order valence-electron chi connectivity index (χ0n) is 17.7. The average Bonchev–Trinajstić information content (AvgIpc) is 3.29. The second-order valence-electron chi connectivity index (χ2n) is 7.29. The van der Waals surface area contributed by atoms with Crippen LogP contribution in [-0.2, 0) is 4.79 Å². The van der Waals surface area contributed by atoms with Crippen molar-refractivity contribution in [2.75, 3.05) is 11.9 Å². The van der Waals surface area contributed by atoms with Crippen LogP contribution >= 0.6 is 0 Å². The van der Waals surface area contributed by atoms with E-state index in [4.69, 9.17) is 9.26 Å². The SMILES string of the molecule is CC(=O)c1cccc(NC(=O)COc2ccc(-c3nc(-c4ccc(C)cc4)no3)cc2)c1. The summed E-state index contributed by atoms with van der Waals surface area (Å²) in [5.41, 5.74) is 3.86. The number of amides is 1. The molecule has 7 nitrogen and oxygen atoms in total. The van der Waals surface area contributed by atoms with Crippen LogP contribution in [0.4, 0.5) is 5.69 Å². The summed E-state index contributed by atoms with van der Waals surface area (Å²) in [5, 5.41) is 6.76. The minimum Gasteiger partial charge on any atom is -0.484 e. The molecule has 1 aromatic heterocycles. The largest absolute Gasteiger partial charge is 0.484 e. The van der Waals surface area contributed by atoms with Crippen molar-refractivity contribution in [1.82, 2.24) is 10.1 Å². The van der Waals surface area contributed by atoms with Gasteiger partial charge in [-0.15, -0.1) is 0 Å². The molecular formula is C25H21N3O4. The van der Waals surface area contributed by atoms with Gasteiger partial charge in [0.25, 0.3) is 11.8 Å². The maximum Gasteiger partial charge on any atom is 0.262 e. The highest BCUT2D eigenvalue weighted by Gasteiger charge is 2.11. The minimum atomic E-state index is -0.325. The Morgan fingerprint density at radius 3 is 2.41 bits per heavy atom. The van der Waals surface area contributed by atoms with Gasteiger partial charge in [-0.3, -0.25) is 9.59 Å². The fourth-order valence-corrected chi connectivity index (χ4v) is 3.02. The third-order valence-corrected chi connectivity index (χ3v) is 4.76. The monoisotopic (exact) mass is 427 g/mol. The Labute approximate surface area is 185 Å². The number of rotatable bonds is 7. The number of Topliss-reactive ketones (excluding diaryl/α,β-unsaturated/α-hetero) is 1. The fraction of sp³-hybridized carbons (Fsp3) is 0.120. The van der Waals surface area contributed by atoms with E-state index in [2.05, 4.69) is 15.5 Å². The summed E-state index contributed by atoms with van der Waals surface area (Å²) < 4.78 is 10.9. The molecule has 0 atom stereocenters. The number of anilines is 1. The fourth-order valence-electron chi connectivity index (χ4n) is 3.02. The van der Waals surface area contributed by atoms with E-state index in [9.17, 15) is 9.59 Å². The molecule has 7 heteroatoms. The van der Waals surface area contributed by atoms with Gasteiger partial charge in [-0.05, 0) is 50.2 Å². The molecule has 32 heavy (non-hydrogen) atoms. The number of hydrogen-bond acceptors (Lipinski definition) is 6. The second kappa shape index (κ2) is 9.26. The number of aromatic nitrogens is 2. The van der Waals surface area contributed by atoms with Crippen molar-refractivity contribution in [2.45, 2.75) is 13.8 Å². The molecule has 3 aromatic carbocycles. The van der Waals surface area contributed by atoms with Gasteiger partial charge >= 0.3 is 0 Å². The molecule has 160 valence electrons. The van der Waals surface area contributed by atoms with Crippen LogP contribution in [0.15, 0.2) is 77.3 Å². The number of benzene rings is 3. The van der Waals surface area contributed by atoms with Gasteiger partial charge in [-0.2, -0.15) is 4.98 Å². The Bertz CT molecular complexity index is 1240. The second-order valence-corrected chi connectivity index (χ2v) is 7.29. The Kier molecular flexibility index (Phi) is 6.07. The van der Waals surface area contributed by atoms with Crippen LogP contribution in [0.1, 0.15) is 22.8 Å². The Morgan fingerprint density at radius 1 is 0.969 bits per heavy atom. The molecule has 4 rings (SSSR count). The zero-order valence-corrected chi connectivity index (χ0v) is 17.7. The summed E-state index contributed by atoms with van der Waals surface area (Å²) >= 11 is 0. The molecule has 0 bridgehead atoms. The molecule has 1 N–H and O–H groups in total. The number of aryl methyl sites for hydroxylation is 1. The summed E-state index contributed by atoms with van der Waals surface area (Å²) in [4.78, 5) is 28.1. The predicted molar refractivity (Wildman–Crippen MR) is 120 cm³/mol. The van der Waals surface area contributed by atoms with E-state index < -0.39 is 0 Å². The van der Waals surface area contributed by atoms with Crippen LogP contribution in [0.2, 0.25) is 0 Å². The van der Waals surface area contributed by atoms with Crippen molar-refractivity contribution in [1.29, 1.82) is 0 Å². The van der Waals surface area contributed by atoms with E-state index in [-0.39, 0.29) is 18.3 Å². The number of nitrogens with one attached hydrogen (secondary N) is 1. The van der Waals surface area contributed by atoms with E-state index in [1.165, 1.54) is 6.92 Å². The average molecular weight is 427 g/mol. The first-order chi connectivity index (χ1) is 15.5. The number of nitrogens with zero attached hydrogens (tertiary/aromatic N) is 2. The normalized spacial score (nSPS) is 10.6. The van der Waals surface area contributed by atoms with Gasteiger partial charge < -0.3 is 14.6 Å². The van der Waals surface area contributed by atoms with Gasteiger partial charge in [0.2, 0.25) is 5.82 Å². The van der Waals surface area contributed by atoms with Crippen LogP contribution < -0.4 is 10.1 Å². The summed E-state index contributed by atoms with van der Waals surface area (Å²) in [7, 11) is 0. The molecule has 0 fully saturated rings. The van der Waals surface area contributed by atoms with Crippen molar-refractivity contribution < 1.29 is 18.8 Å². The van der Waals surface area contributed by atoms with Gasteiger partial charge in [0.15, 0.2) is 12.4 Å². The van der Waals surface area contributed by atoms with Gasteiger partial charge in [-0.25, -0.2) is 0 Å². The van der Waals surface area contributed by atoms with Gasteiger partial charge in [0.1, 0.15) is 5.75 Å². The number of carbonyl (C=O) groups excluding carboxylic acids is 2. The molecule has 0 unspecified atom stereocenters. The number of hydrogen-bond donors (Lipinski definition) is 1. The third kappa shape index (κ3) is 5.07. The molecule has 0 saturated carbocycles. The van der Waals surface area contributed by atoms with Crippen molar-refractivity contribution >= 4 is 17.4 Å². The van der Waals surface area contributed by atoms with Crippen LogP contribution in [0.5, 0.6) is 5.75 Å². The van der Waals surface area contributed by atoms with Gasteiger partial charge in [-0.1, -0.05) is 47.1 Å². The highest BCUT2D eigenvalue weighted by Crippen LogP contribution is 2.24. The summed E-state index contributed by atoms with van der Waals surface area (Å²) in [6.07, 6.45) is 0. The Hall–Kier alpha value is -4.26. The third-order valence-electron chi connectivity index (χ3n) is 4.76. The van der Waals surface area contributed by atoms with Crippen LogP contribution in [-0.4, -0.2) is 28.4 Å².